The van der Waals surface area contributed by atoms with Gasteiger partial charge < -0.3 is 9.63 Å². The molecule has 0 aliphatic carbocycles. The van der Waals surface area contributed by atoms with Crippen molar-refractivity contribution in [2.75, 3.05) is 0 Å². The van der Waals surface area contributed by atoms with Crippen LogP contribution in [0.5, 0.6) is 0 Å². The highest BCUT2D eigenvalue weighted by molar-refractivity contribution is 6.30. The van der Waals surface area contributed by atoms with Crippen molar-refractivity contribution in [3.63, 3.8) is 0 Å². The van der Waals surface area contributed by atoms with E-state index >= 15 is 0 Å². The molecule has 1 aromatic carbocycles. The van der Waals surface area contributed by atoms with Crippen molar-refractivity contribution in [2.45, 2.75) is 25.1 Å². The van der Waals surface area contributed by atoms with Gasteiger partial charge in [-0.15, -0.1) is 0 Å². The summed E-state index contributed by atoms with van der Waals surface area (Å²) in [7, 11) is 0. The van der Waals surface area contributed by atoms with Crippen molar-refractivity contribution in [1.29, 1.82) is 0 Å². The van der Waals surface area contributed by atoms with Gasteiger partial charge in [-0.3, -0.25) is 0 Å². The van der Waals surface area contributed by atoms with Gasteiger partial charge in [-0.2, -0.15) is 18.2 Å². The fourth-order valence-electron chi connectivity index (χ4n) is 1.56. The lowest BCUT2D eigenvalue weighted by Crippen LogP contribution is -2.30. The molecular formula is C12H10ClF3N2O2. The molecule has 0 spiro atoms. The second-order valence-electron chi connectivity index (χ2n) is 4.17. The molecule has 2 rings (SSSR count). The smallest absolute Gasteiger partial charge is 0.383 e. The molecule has 1 heterocycles. The van der Waals surface area contributed by atoms with Crippen molar-refractivity contribution in [3.8, 4) is 0 Å². The molecule has 4 nitrogen and oxygen atoms in total. The van der Waals surface area contributed by atoms with Crippen LogP contribution >= 0.6 is 11.6 Å². The van der Waals surface area contributed by atoms with Crippen molar-refractivity contribution in [3.05, 3.63) is 46.6 Å². The maximum atomic E-state index is 12.2. The predicted molar refractivity (Wildman–Crippen MR) is 64.3 cm³/mol. The van der Waals surface area contributed by atoms with E-state index in [1.807, 2.05) is 0 Å². The molecule has 2 aromatic rings. The van der Waals surface area contributed by atoms with Crippen LogP contribution in [0.15, 0.2) is 28.8 Å². The first-order valence-electron chi connectivity index (χ1n) is 5.65. The Hall–Kier alpha value is -1.60. The minimum absolute atomic E-state index is 0.233. The number of aromatic nitrogens is 2. The summed E-state index contributed by atoms with van der Waals surface area (Å²) in [5.41, 5.74) is 0.807. The minimum Gasteiger partial charge on any atom is -0.383 e. The highest BCUT2D eigenvalue weighted by atomic mass is 35.5. The van der Waals surface area contributed by atoms with Crippen molar-refractivity contribution < 1.29 is 22.8 Å². The van der Waals surface area contributed by atoms with Gasteiger partial charge in [-0.05, 0) is 17.7 Å². The van der Waals surface area contributed by atoms with Crippen LogP contribution in [0, 0.1) is 0 Å². The summed E-state index contributed by atoms with van der Waals surface area (Å²) < 4.78 is 41.2. The fraction of sp³-hybridized carbons (Fsp3) is 0.333. The first-order chi connectivity index (χ1) is 9.34. The predicted octanol–water partition coefficient (Wildman–Crippen LogP) is 2.78. The Kier molecular flexibility index (Phi) is 4.29. The molecule has 0 radical (unpaired) electrons. The number of nitrogens with zero attached hydrogens (tertiary/aromatic N) is 2. The lowest BCUT2D eigenvalue weighted by Gasteiger charge is -2.11. The first-order valence-corrected chi connectivity index (χ1v) is 6.03. The molecule has 8 heteroatoms. The molecule has 0 fully saturated rings. The second-order valence-corrected chi connectivity index (χ2v) is 4.61. The largest absolute Gasteiger partial charge is 0.414 e. The Morgan fingerprint density at radius 2 is 2.10 bits per heavy atom. The number of hydrogen-bond donors (Lipinski definition) is 1. The average molecular weight is 307 g/mol. The summed E-state index contributed by atoms with van der Waals surface area (Å²) >= 11 is 5.81. The third-order valence-electron chi connectivity index (χ3n) is 2.51. The molecule has 20 heavy (non-hydrogen) atoms. The summed E-state index contributed by atoms with van der Waals surface area (Å²) in [6.45, 7) is 0. The first kappa shape index (κ1) is 14.8. The van der Waals surface area contributed by atoms with E-state index in [4.69, 9.17) is 16.7 Å². The summed E-state index contributed by atoms with van der Waals surface area (Å²) in [5, 5.41) is 13.0. The van der Waals surface area contributed by atoms with Gasteiger partial charge in [0.15, 0.2) is 11.9 Å². The van der Waals surface area contributed by atoms with Gasteiger partial charge in [-0.1, -0.05) is 28.9 Å². The summed E-state index contributed by atoms with van der Waals surface area (Å²) in [5.74, 6) is -0.0245. The Labute approximate surface area is 117 Å². The molecule has 108 valence electrons. The van der Waals surface area contributed by atoms with Crippen LogP contribution in [0.2, 0.25) is 5.02 Å². The van der Waals surface area contributed by atoms with Gasteiger partial charge in [-0.25, -0.2) is 0 Å². The molecule has 1 N–H and O–H groups in total. The zero-order valence-electron chi connectivity index (χ0n) is 10.1. The summed E-state index contributed by atoms with van der Waals surface area (Å²) in [4.78, 5) is 3.81. The molecular weight excluding hydrogens is 297 g/mol. The maximum Gasteiger partial charge on any atom is 0.414 e. The quantitative estimate of drug-likeness (QED) is 0.943. The zero-order chi connectivity index (χ0) is 14.8. The minimum atomic E-state index is -4.71. The monoisotopic (exact) mass is 306 g/mol. The fourth-order valence-corrected chi connectivity index (χ4v) is 1.77. The lowest BCUT2D eigenvalue weighted by atomic mass is 10.1. The molecule has 0 aliphatic rings. The third kappa shape index (κ3) is 3.94. The van der Waals surface area contributed by atoms with E-state index in [1.54, 1.807) is 24.3 Å². The Morgan fingerprint density at radius 1 is 1.35 bits per heavy atom. The highest BCUT2D eigenvalue weighted by Gasteiger charge is 2.39. The number of alkyl halides is 3. The molecule has 1 unspecified atom stereocenters. The second kappa shape index (κ2) is 5.80. The van der Waals surface area contributed by atoms with E-state index in [0.717, 1.165) is 5.56 Å². The van der Waals surface area contributed by atoms with Gasteiger partial charge in [0.1, 0.15) is 0 Å². The van der Waals surface area contributed by atoms with E-state index < -0.39 is 18.7 Å². The number of aliphatic hydroxyl groups excluding tert-OH is 1. The Balaban J connectivity index is 2.02. The highest BCUT2D eigenvalue weighted by Crippen LogP contribution is 2.22. The van der Waals surface area contributed by atoms with Crippen LogP contribution in [-0.4, -0.2) is 27.5 Å². The lowest BCUT2D eigenvalue weighted by molar-refractivity contribution is -0.204. The SMILES string of the molecule is OC(Cc1nc(Cc2cccc(Cl)c2)no1)C(F)(F)F. The Bertz CT molecular complexity index is 586. The summed E-state index contributed by atoms with van der Waals surface area (Å²) in [6, 6.07) is 6.92. The van der Waals surface area contributed by atoms with Crippen LogP contribution < -0.4 is 0 Å². The molecule has 0 amide bonds. The van der Waals surface area contributed by atoms with Crippen molar-refractivity contribution in [2.24, 2.45) is 0 Å². The van der Waals surface area contributed by atoms with Gasteiger partial charge >= 0.3 is 6.18 Å². The molecule has 0 saturated heterocycles. The molecule has 0 bridgehead atoms. The van der Waals surface area contributed by atoms with Gasteiger partial charge in [0.25, 0.3) is 0 Å². The van der Waals surface area contributed by atoms with Gasteiger partial charge in [0.05, 0.1) is 6.42 Å². The number of rotatable bonds is 4. The van der Waals surface area contributed by atoms with E-state index in [-0.39, 0.29) is 18.1 Å². The van der Waals surface area contributed by atoms with Crippen LogP contribution in [0.3, 0.4) is 0 Å². The van der Waals surface area contributed by atoms with E-state index in [0.29, 0.717) is 5.02 Å². The van der Waals surface area contributed by atoms with E-state index in [2.05, 4.69) is 14.7 Å². The molecule has 0 saturated carbocycles. The number of benzene rings is 1. The molecule has 0 aliphatic heterocycles. The van der Waals surface area contributed by atoms with Gasteiger partial charge in [0, 0.05) is 11.4 Å². The maximum absolute atomic E-state index is 12.2. The van der Waals surface area contributed by atoms with Gasteiger partial charge in [0.2, 0.25) is 5.89 Å². The van der Waals surface area contributed by atoms with Crippen LogP contribution in [-0.2, 0) is 12.8 Å². The summed E-state index contributed by atoms with van der Waals surface area (Å²) in [6.07, 6.45) is -7.69. The number of aliphatic hydroxyl groups is 1. The average Bonchev–Trinajstić information content (AvgIpc) is 2.75. The number of hydrogen-bond acceptors (Lipinski definition) is 4. The van der Waals surface area contributed by atoms with Crippen molar-refractivity contribution >= 4 is 11.6 Å². The standard InChI is InChI=1S/C12H10ClF3N2O2/c13-8-3-1-2-7(4-8)5-10-17-11(20-18-10)6-9(19)12(14,15)16/h1-4,9,19H,5-6H2. The number of halogens is 4. The molecule has 1 aromatic heterocycles. The van der Waals surface area contributed by atoms with Crippen LogP contribution in [0.4, 0.5) is 13.2 Å². The van der Waals surface area contributed by atoms with E-state index in [1.165, 1.54) is 0 Å². The van der Waals surface area contributed by atoms with E-state index in [9.17, 15) is 13.2 Å². The normalized spacial score (nSPS) is 13.4. The van der Waals surface area contributed by atoms with Crippen LogP contribution in [0.25, 0.3) is 0 Å². The third-order valence-corrected chi connectivity index (χ3v) is 2.74. The topological polar surface area (TPSA) is 59.2 Å². The van der Waals surface area contributed by atoms with Crippen LogP contribution in [0.1, 0.15) is 17.3 Å². The van der Waals surface area contributed by atoms with Crippen molar-refractivity contribution in [1.82, 2.24) is 10.1 Å². The molecule has 1 atom stereocenters. The zero-order valence-corrected chi connectivity index (χ0v) is 10.8. The Morgan fingerprint density at radius 3 is 2.75 bits per heavy atom.